The maximum Gasteiger partial charge on any atom is 0.460 e. The molecular weight excluding hydrogens is 455 g/mol. The van der Waals surface area contributed by atoms with Gasteiger partial charge in [0.05, 0.1) is 11.2 Å². The van der Waals surface area contributed by atoms with E-state index in [2.05, 4.69) is 4.99 Å². The highest BCUT2D eigenvalue weighted by molar-refractivity contribution is 7.90. The Morgan fingerprint density at radius 2 is 1.50 bits per heavy atom. The summed E-state index contributed by atoms with van der Waals surface area (Å²) in [5.74, 6) is -14.6. The van der Waals surface area contributed by atoms with Crippen molar-refractivity contribution in [3.05, 3.63) is 29.8 Å². The first-order valence-corrected chi connectivity index (χ1v) is 9.91. The van der Waals surface area contributed by atoms with E-state index >= 15 is 0 Å². The molecule has 4 nitrogen and oxygen atoms in total. The molecule has 1 aliphatic heterocycles. The van der Waals surface area contributed by atoms with Crippen molar-refractivity contribution in [2.24, 2.45) is 4.99 Å². The third-order valence-electron chi connectivity index (χ3n) is 5.09. The number of halogens is 9. The Morgan fingerprint density at radius 3 is 2.10 bits per heavy atom. The molecule has 1 aromatic rings. The van der Waals surface area contributed by atoms with Gasteiger partial charge in [-0.15, -0.1) is 0 Å². The maximum absolute atomic E-state index is 14.2. The highest BCUT2D eigenvalue weighted by Crippen LogP contribution is 2.55. The van der Waals surface area contributed by atoms with Gasteiger partial charge in [0.15, 0.2) is 0 Å². The van der Waals surface area contributed by atoms with Crippen LogP contribution >= 0.6 is 0 Å². The van der Waals surface area contributed by atoms with Crippen LogP contribution in [0.1, 0.15) is 31.2 Å². The predicted molar refractivity (Wildman–Crippen MR) is 86.6 cm³/mol. The van der Waals surface area contributed by atoms with Crippen molar-refractivity contribution in [2.75, 3.05) is 0 Å². The van der Waals surface area contributed by atoms with E-state index < -0.39 is 38.8 Å². The lowest BCUT2D eigenvalue weighted by atomic mass is 9.77. The van der Waals surface area contributed by atoms with E-state index in [-0.39, 0.29) is 36.2 Å². The number of benzene rings is 1. The van der Waals surface area contributed by atoms with Gasteiger partial charge >= 0.3 is 23.3 Å². The van der Waals surface area contributed by atoms with Gasteiger partial charge < -0.3 is 0 Å². The van der Waals surface area contributed by atoms with E-state index in [1.54, 1.807) is 0 Å². The van der Waals surface area contributed by atoms with Crippen LogP contribution in [0.2, 0.25) is 0 Å². The monoisotopic (exact) mass is 468 g/mol. The summed E-state index contributed by atoms with van der Waals surface area (Å²) in [7, 11) is -6.76. The first kappa shape index (κ1) is 22.8. The van der Waals surface area contributed by atoms with Crippen molar-refractivity contribution in [2.45, 2.75) is 54.5 Å². The Morgan fingerprint density at radius 1 is 0.900 bits per heavy atom. The first-order chi connectivity index (χ1) is 13.5. The minimum absolute atomic E-state index is 0.0137. The summed E-state index contributed by atoms with van der Waals surface area (Å²) in [6.45, 7) is 0. The van der Waals surface area contributed by atoms with Crippen molar-refractivity contribution in [3.8, 4) is 0 Å². The Kier molecular flexibility index (Phi) is 5.01. The summed E-state index contributed by atoms with van der Waals surface area (Å²) in [4.78, 5) is 4.09. The number of sulfonamides is 1. The van der Waals surface area contributed by atoms with E-state index in [0.29, 0.717) is 6.42 Å². The molecule has 1 fully saturated rings. The van der Waals surface area contributed by atoms with Crippen LogP contribution in [0.25, 0.3) is 0 Å². The fourth-order valence-corrected chi connectivity index (χ4v) is 4.93. The molecule has 1 N–H and O–H groups in total. The zero-order chi connectivity index (χ0) is 22.8. The summed E-state index contributed by atoms with van der Waals surface area (Å²) < 4.78 is 145. The summed E-state index contributed by atoms with van der Waals surface area (Å²) in [6, 6.07) is 5.53. The average molecular weight is 468 g/mol. The average Bonchev–Trinajstić information content (AvgIpc) is 2.93. The molecule has 1 unspecified atom stereocenters. The molecule has 0 bridgehead atoms. The zero-order valence-electron chi connectivity index (χ0n) is 14.7. The van der Waals surface area contributed by atoms with Gasteiger partial charge in [-0.25, -0.2) is 8.42 Å². The number of fused-ring (bicyclic) bond motifs is 3. The Balaban J connectivity index is 2.09. The topological polar surface area (TPSA) is 58.5 Å². The van der Waals surface area contributed by atoms with Gasteiger partial charge in [0.1, 0.15) is 0 Å². The van der Waals surface area contributed by atoms with Crippen molar-refractivity contribution in [1.82, 2.24) is 4.72 Å². The largest absolute Gasteiger partial charge is 0.460 e. The molecule has 0 spiro atoms. The van der Waals surface area contributed by atoms with E-state index in [0.717, 1.165) is 0 Å². The number of alkyl halides is 9. The molecule has 1 heterocycles. The van der Waals surface area contributed by atoms with Crippen molar-refractivity contribution in [1.29, 1.82) is 0 Å². The molecule has 3 rings (SSSR count). The summed E-state index contributed by atoms with van der Waals surface area (Å²) >= 11 is 0. The van der Waals surface area contributed by atoms with Crippen LogP contribution < -0.4 is 4.72 Å². The number of rotatable bonds is 5. The number of nitrogens with zero attached hydrogens (tertiary/aromatic N) is 1. The Bertz CT molecular complexity index is 989. The highest BCUT2D eigenvalue weighted by atomic mass is 32.2. The molecule has 2 aliphatic rings. The molecule has 14 heteroatoms. The van der Waals surface area contributed by atoms with E-state index in [1.807, 2.05) is 0 Å². The van der Waals surface area contributed by atoms with Crippen LogP contribution in [-0.2, 0) is 15.6 Å². The standard InChI is InChI=1S/C16H13F9N2O2S/c17-13(18,15(21,22)23)14(19,20)16(24,25)30(28,29)27-12-8-4-3-7-11(12)26-10-6-2-1-5-9(10)12/h1-2,5-6,27H,3-4,7-8H2. The molecule has 168 valence electrons. The smallest absolute Gasteiger partial charge is 0.255 e. The minimum Gasteiger partial charge on any atom is -0.255 e. The molecule has 1 atom stereocenters. The second kappa shape index (κ2) is 6.58. The molecule has 1 aliphatic carbocycles. The molecule has 0 radical (unpaired) electrons. The van der Waals surface area contributed by atoms with Crippen LogP contribution in [0.4, 0.5) is 45.2 Å². The second-order valence-electron chi connectivity index (χ2n) is 6.96. The lowest BCUT2D eigenvalue weighted by Crippen LogP contribution is -2.67. The Hall–Kier alpha value is -1.83. The summed E-state index contributed by atoms with van der Waals surface area (Å²) in [5, 5.41) is -6.80. The third-order valence-corrected chi connectivity index (χ3v) is 6.64. The number of hydrogen-bond acceptors (Lipinski definition) is 3. The fraction of sp³-hybridized carbons (Fsp3) is 0.562. The SMILES string of the molecule is O=S(=O)(NC12CCCCC1=Nc1ccccc12)C(F)(F)C(F)(F)C(F)(F)C(F)(F)F. The quantitative estimate of drug-likeness (QED) is 0.626. The van der Waals surface area contributed by atoms with Gasteiger partial charge in [-0.3, -0.25) is 4.99 Å². The van der Waals surface area contributed by atoms with Crippen LogP contribution in [0, 0.1) is 0 Å². The molecular formula is C16H13F9N2O2S. The van der Waals surface area contributed by atoms with Crippen LogP contribution in [0.5, 0.6) is 0 Å². The third kappa shape index (κ3) is 2.93. The lowest BCUT2D eigenvalue weighted by Gasteiger charge is -2.39. The van der Waals surface area contributed by atoms with E-state index in [9.17, 15) is 47.9 Å². The number of para-hydroxylation sites is 1. The van der Waals surface area contributed by atoms with Gasteiger partial charge in [0.2, 0.25) is 0 Å². The summed E-state index contributed by atoms with van der Waals surface area (Å²) in [5.41, 5.74) is -1.89. The normalized spacial score (nSPS) is 23.0. The van der Waals surface area contributed by atoms with Crippen LogP contribution in [0.3, 0.4) is 0 Å². The lowest BCUT2D eigenvalue weighted by molar-refractivity contribution is -0.382. The van der Waals surface area contributed by atoms with E-state index in [4.69, 9.17) is 0 Å². The minimum atomic E-state index is -7.31. The van der Waals surface area contributed by atoms with Crippen molar-refractivity contribution < 1.29 is 47.9 Å². The highest BCUT2D eigenvalue weighted by Gasteiger charge is 2.85. The predicted octanol–water partition coefficient (Wildman–Crippen LogP) is 4.89. The number of aliphatic imine (C=N–C) groups is 1. The van der Waals surface area contributed by atoms with Crippen molar-refractivity contribution >= 4 is 21.4 Å². The maximum atomic E-state index is 14.2. The Labute approximate surface area is 164 Å². The van der Waals surface area contributed by atoms with Crippen molar-refractivity contribution in [3.63, 3.8) is 0 Å². The summed E-state index contributed by atoms with van der Waals surface area (Å²) in [6.07, 6.45) is -6.58. The molecule has 1 saturated carbocycles. The first-order valence-electron chi connectivity index (χ1n) is 8.42. The number of nitrogens with one attached hydrogen (secondary N) is 1. The fourth-order valence-electron chi connectivity index (χ4n) is 3.55. The second-order valence-corrected chi connectivity index (χ2v) is 8.68. The van der Waals surface area contributed by atoms with E-state index in [1.165, 1.54) is 29.0 Å². The van der Waals surface area contributed by atoms with Gasteiger partial charge in [0.25, 0.3) is 10.0 Å². The van der Waals surface area contributed by atoms with Gasteiger partial charge in [-0.05, 0) is 25.3 Å². The molecule has 0 aromatic heterocycles. The van der Waals surface area contributed by atoms with Crippen LogP contribution in [0.15, 0.2) is 29.3 Å². The van der Waals surface area contributed by atoms with Gasteiger partial charge in [-0.1, -0.05) is 24.6 Å². The number of hydrogen-bond donors (Lipinski definition) is 1. The van der Waals surface area contributed by atoms with Gasteiger partial charge in [-0.2, -0.15) is 44.2 Å². The molecule has 0 saturated heterocycles. The zero-order valence-corrected chi connectivity index (χ0v) is 15.5. The molecule has 1 aromatic carbocycles. The van der Waals surface area contributed by atoms with Crippen LogP contribution in [-0.4, -0.2) is 37.4 Å². The molecule has 0 amide bonds. The molecule has 30 heavy (non-hydrogen) atoms. The van der Waals surface area contributed by atoms with Gasteiger partial charge in [0, 0.05) is 11.3 Å².